The van der Waals surface area contributed by atoms with Crippen molar-refractivity contribution in [3.05, 3.63) is 34.9 Å². The summed E-state index contributed by atoms with van der Waals surface area (Å²) in [6.07, 6.45) is 8.99. The molecular weight excluding hydrogens is 559 g/mol. The Morgan fingerprint density at radius 2 is 1.80 bits per heavy atom. The van der Waals surface area contributed by atoms with Crippen molar-refractivity contribution in [2.24, 2.45) is 46.3 Å². The molecule has 1 saturated heterocycles. The van der Waals surface area contributed by atoms with Crippen LogP contribution >= 0.6 is 23.2 Å². The molecule has 0 radical (unpaired) electrons. The lowest BCUT2D eigenvalue weighted by Gasteiger charge is -2.62. The summed E-state index contributed by atoms with van der Waals surface area (Å²) in [5, 5.41) is 23.4. The van der Waals surface area contributed by atoms with Gasteiger partial charge in [-0.25, -0.2) is 5.01 Å². The van der Waals surface area contributed by atoms with Gasteiger partial charge in [-0.05, 0) is 122 Å². The largest absolute Gasteiger partial charge is 0.393 e. The number of rotatable bonds is 6. The molecule has 5 aliphatic rings. The first kappa shape index (κ1) is 29.7. The van der Waals surface area contributed by atoms with Crippen molar-refractivity contribution in [2.45, 2.75) is 109 Å². The zero-order valence-electron chi connectivity index (χ0n) is 24.6. The van der Waals surface area contributed by atoms with Crippen molar-refractivity contribution in [3.8, 4) is 0 Å². The van der Waals surface area contributed by atoms with E-state index in [4.69, 9.17) is 23.2 Å². The van der Waals surface area contributed by atoms with Gasteiger partial charge >= 0.3 is 0 Å². The molecule has 41 heavy (non-hydrogen) atoms. The number of fused-ring (bicyclic) bond motifs is 5. The van der Waals surface area contributed by atoms with Gasteiger partial charge in [0.1, 0.15) is 11.4 Å². The van der Waals surface area contributed by atoms with E-state index in [2.05, 4.69) is 26.2 Å². The van der Waals surface area contributed by atoms with Crippen LogP contribution in [0.4, 0.5) is 0 Å². The van der Waals surface area contributed by atoms with Crippen LogP contribution in [-0.4, -0.2) is 44.6 Å². The predicted octanol–water partition coefficient (Wildman–Crippen LogP) is 6.27. The van der Waals surface area contributed by atoms with E-state index in [0.29, 0.717) is 47.0 Å². The summed E-state index contributed by atoms with van der Waals surface area (Å²) in [6.45, 7) is 7.03. The summed E-state index contributed by atoms with van der Waals surface area (Å²) in [6, 6.07) is 6.77. The van der Waals surface area contributed by atoms with Crippen LogP contribution in [0.3, 0.4) is 0 Å². The second kappa shape index (κ2) is 11.0. The van der Waals surface area contributed by atoms with Gasteiger partial charge in [0.15, 0.2) is 0 Å². The molecule has 226 valence electrons. The van der Waals surface area contributed by atoms with Gasteiger partial charge in [0, 0.05) is 11.4 Å². The van der Waals surface area contributed by atoms with Gasteiger partial charge in [-0.3, -0.25) is 15.0 Å². The third-order valence-electron chi connectivity index (χ3n) is 12.8. The number of carbonyl (C=O) groups excluding carboxylic acids is 2. The Labute approximate surface area is 254 Å². The number of aliphatic hydroxyl groups excluding tert-OH is 2. The van der Waals surface area contributed by atoms with E-state index in [9.17, 15) is 19.8 Å². The molecule has 2 amide bonds. The van der Waals surface area contributed by atoms with Crippen LogP contribution in [0, 0.1) is 46.3 Å². The zero-order chi connectivity index (χ0) is 29.3. The number of hydrazine groups is 1. The Hall–Kier alpha value is -1.34. The predicted molar refractivity (Wildman–Crippen MR) is 160 cm³/mol. The number of hydrogen-bond acceptors (Lipinski definition) is 4. The molecule has 6 rings (SSSR count). The third-order valence-corrected chi connectivity index (χ3v) is 13.5. The number of amides is 2. The minimum absolute atomic E-state index is 0.132. The van der Waals surface area contributed by atoms with Crippen molar-refractivity contribution < 1.29 is 19.8 Å². The van der Waals surface area contributed by atoms with Gasteiger partial charge in [0.2, 0.25) is 5.91 Å². The van der Waals surface area contributed by atoms with Gasteiger partial charge < -0.3 is 10.2 Å². The summed E-state index contributed by atoms with van der Waals surface area (Å²) in [5.41, 5.74) is 3.75. The summed E-state index contributed by atoms with van der Waals surface area (Å²) >= 11 is 12.3. The number of halogens is 2. The molecule has 0 spiro atoms. The number of benzene rings is 1. The second-order valence-corrected chi connectivity index (χ2v) is 15.5. The molecule has 6 nitrogen and oxygen atoms in total. The molecule has 1 aliphatic heterocycles. The van der Waals surface area contributed by atoms with E-state index in [1.165, 1.54) is 17.9 Å². The topological polar surface area (TPSA) is 89.9 Å². The molecule has 8 heteroatoms. The third kappa shape index (κ3) is 4.84. The highest BCUT2D eigenvalue weighted by Gasteiger charge is 2.63. The number of nitrogens with one attached hydrogen (secondary N) is 1. The van der Waals surface area contributed by atoms with Crippen LogP contribution in [0.15, 0.2) is 24.3 Å². The minimum Gasteiger partial charge on any atom is -0.393 e. The maximum Gasteiger partial charge on any atom is 0.262 e. The van der Waals surface area contributed by atoms with Crippen LogP contribution in [-0.2, 0) is 9.59 Å². The average molecular weight is 606 g/mol. The number of carbonyl (C=O) groups is 2. The van der Waals surface area contributed by atoms with E-state index < -0.39 is 11.4 Å². The number of aliphatic hydroxyl groups is 2. The Balaban J connectivity index is 1.08. The maximum atomic E-state index is 13.0. The monoisotopic (exact) mass is 604 g/mol. The van der Waals surface area contributed by atoms with E-state index >= 15 is 0 Å². The van der Waals surface area contributed by atoms with Gasteiger partial charge in [-0.1, -0.05) is 44.5 Å². The number of alkyl halides is 1. The van der Waals surface area contributed by atoms with Crippen LogP contribution in [0.1, 0.15) is 96.6 Å². The molecule has 0 bridgehead atoms. The zero-order valence-corrected chi connectivity index (χ0v) is 26.1. The summed E-state index contributed by atoms with van der Waals surface area (Å²) < 4.78 is 0. The highest BCUT2D eigenvalue weighted by Crippen LogP contribution is 2.68. The Kier molecular flexibility index (Phi) is 7.96. The first-order valence-corrected chi connectivity index (χ1v) is 16.6. The van der Waals surface area contributed by atoms with Gasteiger partial charge in [-0.2, -0.15) is 0 Å². The van der Waals surface area contributed by atoms with Crippen molar-refractivity contribution in [1.29, 1.82) is 0 Å². The minimum atomic E-state index is -0.710. The fourth-order valence-corrected chi connectivity index (χ4v) is 11.0. The first-order valence-electron chi connectivity index (χ1n) is 15.8. The average Bonchev–Trinajstić information content (AvgIpc) is 3.32. The smallest absolute Gasteiger partial charge is 0.262 e. The molecule has 0 aromatic heterocycles. The quantitative estimate of drug-likeness (QED) is 0.264. The van der Waals surface area contributed by atoms with E-state index in [1.807, 2.05) is 12.1 Å². The number of hydrogen-bond donors (Lipinski definition) is 3. The molecular formula is C33H46Cl2N2O4. The van der Waals surface area contributed by atoms with Crippen molar-refractivity contribution in [2.75, 3.05) is 0 Å². The summed E-state index contributed by atoms with van der Waals surface area (Å²) in [7, 11) is 0. The lowest BCUT2D eigenvalue weighted by atomic mass is 9.43. The molecule has 1 aromatic rings. The fourth-order valence-electron chi connectivity index (χ4n) is 10.5. The normalized spacial score (nSPS) is 44.3. The first-order chi connectivity index (χ1) is 19.4. The fraction of sp³-hybridized carbons (Fsp3) is 0.758. The van der Waals surface area contributed by atoms with Gasteiger partial charge in [-0.15, -0.1) is 11.6 Å². The summed E-state index contributed by atoms with van der Waals surface area (Å²) in [5.74, 6) is 2.46. The second-order valence-electron chi connectivity index (χ2n) is 14.5. The van der Waals surface area contributed by atoms with Crippen molar-refractivity contribution >= 4 is 35.0 Å². The van der Waals surface area contributed by atoms with Gasteiger partial charge in [0.05, 0.1) is 12.2 Å². The molecule has 4 aliphatic carbocycles. The molecule has 4 saturated carbocycles. The highest BCUT2D eigenvalue weighted by atomic mass is 35.5. The molecule has 3 N–H and O–H groups in total. The van der Waals surface area contributed by atoms with Crippen molar-refractivity contribution in [1.82, 2.24) is 10.4 Å². The van der Waals surface area contributed by atoms with E-state index in [1.54, 1.807) is 12.1 Å². The molecule has 0 unspecified atom stereocenters. The molecule has 5 fully saturated rings. The Morgan fingerprint density at radius 3 is 2.54 bits per heavy atom. The lowest BCUT2D eigenvalue weighted by Crippen LogP contribution is -2.63. The Bertz CT molecular complexity index is 1160. The highest BCUT2D eigenvalue weighted by molar-refractivity contribution is 6.33. The summed E-state index contributed by atoms with van der Waals surface area (Å²) in [4.78, 5) is 25.5. The number of β-lactam (4-membered cyclic amide) rings is 1. The molecule has 12 atom stereocenters. The van der Waals surface area contributed by atoms with Crippen LogP contribution in [0.5, 0.6) is 0 Å². The lowest BCUT2D eigenvalue weighted by molar-refractivity contribution is -0.175. The number of nitrogens with zero attached hydrogens (tertiary/aromatic N) is 1. The van der Waals surface area contributed by atoms with Crippen LogP contribution in [0.25, 0.3) is 0 Å². The molecule has 1 aromatic carbocycles. The van der Waals surface area contributed by atoms with Crippen molar-refractivity contribution in [3.63, 3.8) is 0 Å². The van der Waals surface area contributed by atoms with Crippen LogP contribution < -0.4 is 5.43 Å². The van der Waals surface area contributed by atoms with Gasteiger partial charge in [0.25, 0.3) is 5.91 Å². The standard InChI is InChI=1S/C33H46Cl2N2O4/c1-18(4-13-28(40)36-37-30(29(35)31(37)41)19-5-8-21(34)9-6-19)24-11-12-25-23-10-7-20-16-22(38)14-15-32(20,2)26(23)17-27(39)33(24,25)3/h5-6,8-9,18,20,22-27,29-30,38-39H,4,7,10-17H2,1-3H3,(H,36,40)/t18-,20+,22-,23+,24-,25+,26+,27+,29-,30-,32+,33-/m1/s1. The maximum absolute atomic E-state index is 13.0. The Morgan fingerprint density at radius 1 is 1.07 bits per heavy atom. The van der Waals surface area contributed by atoms with E-state index in [-0.39, 0.29) is 34.9 Å². The van der Waals surface area contributed by atoms with E-state index in [0.717, 1.165) is 50.5 Å². The molecule has 1 heterocycles. The SMILES string of the molecule is C[C@H](CCC(=O)NN1C(=O)[C@H](Cl)[C@H]1c1ccc(Cl)cc1)[C@H]1CC[C@H]2[C@@H]3CC[C@H]4C[C@H](O)CC[C@]4(C)[C@H]3C[C@H](O)[C@]12C. The van der Waals surface area contributed by atoms with Crippen LogP contribution in [0.2, 0.25) is 5.02 Å².